The molecular weight excluding hydrogens is 274 g/mol. The Hall–Kier alpha value is -2.28. The van der Waals surface area contributed by atoms with Gasteiger partial charge in [0.15, 0.2) is 5.82 Å². The van der Waals surface area contributed by atoms with Crippen molar-refractivity contribution in [3.63, 3.8) is 0 Å². The first-order valence-corrected chi connectivity index (χ1v) is 7.03. The summed E-state index contributed by atoms with van der Waals surface area (Å²) in [6.45, 7) is 4.21. The van der Waals surface area contributed by atoms with Gasteiger partial charge in [0.25, 0.3) is 11.7 Å². The summed E-state index contributed by atoms with van der Waals surface area (Å²) in [5, 5.41) is 12.8. The van der Waals surface area contributed by atoms with E-state index in [1.165, 1.54) is 11.3 Å². The minimum atomic E-state index is -0.102. The van der Waals surface area contributed by atoms with Crippen LogP contribution in [-0.2, 0) is 6.54 Å². The van der Waals surface area contributed by atoms with Crippen LogP contribution in [0.15, 0.2) is 23.6 Å². The lowest BCUT2D eigenvalue weighted by Crippen LogP contribution is -2.23. The van der Waals surface area contributed by atoms with Crippen molar-refractivity contribution in [1.82, 2.24) is 24.9 Å². The predicted octanol–water partition coefficient (Wildman–Crippen LogP) is 1.73. The molecular formula is C13H13N5OS. The van der Waals surface area contributed by atoms with E-state index < -0.39 is 0 Å². The topological polar surface area (TPSA) is 72.2 Å². The van der Waals surface area contributed by atoms with Gasteiger partial charge in [-0.2, -0.15) is 0 Å². The zero-order valence-electron chi connectivity index (χ0n) is 11.1. The van der Waals surface area contributed by atoms with Gasteiger partial charge in [0.1, 0.15) is 0 Å². The molecule has 0 fully saturated rings. The van der Waals surface area contributed by atoms with Gasteiger partial charge in [-0.3, -0.25) is 9.20 Å². The second kappa shape index (κ2) is 5.01. The number of hydrogen-bond donors (Lipinski definition) is 1. The molecule has 0 radical (unpaired) electrons. The number of aryl methyl sites for hydroxylation is 2. The summed E-state index contributed by atoms with van der Waals surface area (Å²) in [4.78, 5) is 16.9. The third kappa shape index (κ3) is 2.27. The summed E-state index contributed by atoms with van der Waals surface area (Å²) in [5.74, 6) is 1.13. The molecule has 0 unspecified atom stereocenters. The zero-order valence-corrected chi connectivity index (χ0v) is 11.9. The standard InChI is InChI=1S/C13H13N5OS/c1-8-6-9(2)18-11(16-17-13(18)15-8)7-14-12(19)10-4-3-5-20-10/h3-6H,7H2,1-2H3,(H,14,19). The molecule has 3 rings (SSSR count). The Bertz CT molecular complexity index is 763. The molecule has 0 aliphatic carbocycles. The van der Waals surface area contributed by atoms with Gasteiger partial charge in [-0.15, -0.1) is 21.5 Å². The van der Waals surface area contributed by atoms with Gasteiger partial charge in [-0.1, -0.05) is 6.07 Å². The minimum absolute atomic E-state index is 0.102. The Balaban J connectivity index is 1.83. The van der Waals surface area contributed by atoms with Crippen LogP contribution in [0.4, 0.5) is 0 Å². The first-order valence-electron chi connectivity index (χ1n) is 6.15. The van der Waals surface area contributed by atoms with E-state index in [2.05, 4.69) is 20.5 Å². The molecule has 0 saturated heterocycles. The molecule has 3 aromatic heterocycles. The van der Waals surface area contributed by atoms with E-state index in [4.69, 9.17) is 0 Å². The molecule has 0 saturated carbocycles. The van der Waals surface area contributed by atoms with E-state index in [9.17, 15) is 4.79 Å². The number of rotatable bonds is 3. The van der Waals surface area contributed by atoms with Gasteiger partial charge in [0.2, 0.25) is 0 Å². The quantitative estimate of drug-likeness (QED) is 0.796. The Morgan fingerprint density at radius 2 is 2.25 bits per heavy atom. The largest absolute Gasteiger partial charge is 0.344 e. The summed E-state index contributed by atoms with van der Waals surface area (Å²) < 4.78 is 1.85. The lowest BCUT2D eigenvalue weighted by molar-refractivity contribution is 0.0954. The number of nitrogens with zero attached hydrogens (tertiary/aromatic N) is 4. The van der Waals surface area contributed by atoms with E-state index in [-0.39, 0.29) is 5.91 Å². The maximum atomic E-state index is 11.9. The fourth-order valence-electron chi connectivity index (χ4n) is 2.07. The smallest absolute Gasteiger partial charge is 0.261 e. The highest BCUT2D eigenvalue weighted by Crippen LogP contribution is 2.10. The lowest BCUT2D eigenvalue weighted by atomic mass is 10.3. The highest BCUT2D eigenvalue weighted by atomic mass is 32.1. The SMILES string of the molecule is Cc1cc(C)n2c(CNC(=O)c3cccs3)nnc2n1. The van der Waals surface area contributed by atoms with Crippen molar-refractivity contribution < 1.29 is 4.79 Å². The number of fused-ring (bicyclic) bond motifs is 1. The zero-order chi connectivity index (χ0) is 14.1. The average molecular weight is 287 g/mol. The van der Waals surface area contributed by atoms with Crippen LogP contribution in [0.3, 0.4) is 0 Å². The number of carbonyl (C=O) groups is 1. The van der Waals surface area contributed by atoms with Gasteiger partial charge < -0.3 is 5.32 Å². The number of hydrogen-bond acceptors (Lipinski definition) is 5. The fraction of sp³-hybridized carbons (Fsp3) is 0.231. The van der Waals surface area contributed by atoms with E-state index >= 15 is 0 Å². The summed E-state index contributed by atoms with van der Waals surface area (Å²) in [6, 6.07) is 5.60. The normalized spacial score (nSPS) is 10.9. The molecule has 0 spiro atoms. The summed E-state index contributed by atoms with van der Waals surface area (Å²) in [5.41, 5.74) is 1.90. The van der Waals surface area contributed by atoms with Crippen molar-refractivity contribution in [3.8, 4) is 0 Å². The van der Waals surface area contributed by atoms with Crippen LogP contribution in [0.1, 0.15) is 26.9 Å². The maximum absolute atomic E-state index is 11.9. The number of thiophene rings is 1. The van der Waals surface area contributed by atoms with Crippen LogP contribution in [0.5, 0.6) is 0 Å². The molecule has 0 aromatic carbocycles. The second-order valence-electron chi connectivity index (χ2n) is 4.45. The maximum Gasteiger partial charge on any atom is 0.261 e. The monoisotopic (exact) mass is 287 g/mol. The Labute approximate surface area is 119 Å². The number of aromatic nitrogens is 4. The number of carbonyl (C=O) groups excluding carboxylic acids is 1. The Morgan fingerprint density at radius 3 is 3.00 bits per heavy atom. The lowest BCUT2D eigenvalue weighted by Gasteiger charge is -2.05. The molecule has 0 aliphatic rings. The Morgan fingerprint density at radius 1 is 1.40 bits per heavy atom. The molecule has 1 N–H and O–H groups in total. The fourth-order valence-corrected chi connectivity index (χ4v) is 2.71. The average Bonchev–Trinajstić information content (AvgIpc) is 3.04. The van der Waals surface area contributed by atoms with E-state index in [1.807, 2.05) is 35.8 Å². The molecule has 3 heterocycles. The van der Waals surface area contributed by atoms with Crippen molar-refractivity contribution in [2.45, 2.75) is 20.4 Å². The van der Waals surface area contributed by atoms with Crippen LogP contribution < -0.4 is 5.32 Å². The summed E-state index contributed by atoms with van der Waals surface area (Å²) >= 11 is 1.41. The Kier molecular flexibility index (Phi) is 3.19. The van der Waals surface area contributed by atoms with E-state index in [0.29, 0.717) is 23.0 Å². The van der Waals surface area contributed by atoms with Gasteiger partial charge in [-0.25, -0.2) is 4.98 Å². The molecule has 6 nitrogen and oxygen atoms in total. The molecule has 0 aliphatic heterocycles. The van der Waals surface area contributed by atoms with Crippen LogP contribution >= 0.6 is 11.3 Å². The molecule has 0 bridgehead atoms. The summed E-state index contributed by atoms with van der Waals surface area (Å²) in [6.07, 6.45) is 0. The third-order valence-electron chi connectivity index (χ3n) is 2.91. The van der Waals surface area contributed by atoms with Gasteiger partial charge in [0, 0.05) is 11.4 Å². The van der Waals surface area contributed by atoms with Crippen LogP contribution in [0.25, 0.3) is 5.78 Å². The molecule has 0 atom stereocenters. The minimum Gasteiger partial charge on any atom is -0.344 e. The highest BCUT2D eigenvalue weighted by Gasteiger charge is 2.12. The van der Waals surface area contributed by atoms with Crippen molar-refractivity contribution in [1.29, 1.82) is 0 Å². The first-order chi connectivity index (χ1) is 9.65. The first kappa shape index (κ1) is 12.7. The van der Waals surface area contributed by atoms with Gasteiger partial charge >= 0.3 is 0 Å². The predicted molar refractivity (Wildman–Crippen MR) is 75.7 cm³/mol. The molecule has 1 amide bonds. The summed E-state index contributed by atoms with van der Waals surface area (Å²) in [7, 11) is 0. The molecule has 102 valence electrons. The van der Waals surface area contributed by atoms with Crippen LogP contribution in [0.2, 0.25) is 0 Å². The van der Waals surface area contributed by atoms with Gasteiger partial charge in [0.05, 0.1) is 11.4 Å². The highest BCUT2D eigenvalue weighted by molar-refractivity contribution is 7.12. The van der Waals surface area contributed by atoms with E-state index in [0.717, 1.165) is 11.4 Å². The number of amides is 1. The molecule has 7 heteroatoms. The van der Waals surface area contributed by atoms with Crippen LogP contribution in [-0.4, -0.2) is 25.5 Å². The van der Waals surface area contributed by atoms with Crippen molar-refractivity contribution in [2.24, 2.45) is 0 Å². The molecule has 20 heavy (non-hydrogen) atoms. The van der Waals surface area contributed by atoms with Crippen molar-refractivity contribution in [2.75, 3.05) is 0 Å². The van der Waals surface area contributed by atoms with Crippen molar-refractivity contribution >= 4 is 23.0 Å². The van der Waals surface area contributed by atoms with E-state index in [1.54, 1.807) is 6.07 Å². The van der Waals surface area contributed by atoms with Gasteiger partial charge in [-0.05, 0) is 31.4 Å². The second-order valence-corrected chi connectivity index (χ2v) is 5.40. The van der Waals surface area contributed by atoms with Crippen molar-refractivity contribution in [3.05, 3.63) is 45.7 Å². The third-order valence-corrected chi connectivity index (χ3v) is 3.78. The molecule has 3 aromatic rings. The number of nitrogens with one attached hydrogen (secondary N) is 1. The van der Waals surface area contributed by atoms with Crippen LogP contribution in [0, 0.1) is 13.8 Å².